The van der Waals surface area contributed by atoms with Gasteiger partial charge in [-0.1, -0.05) is 0 Å². The second-order valence-electron chi connectivity index (χ2n) is 6.02. The second-order valence-corrected chi connectivity index (χ2v) is 8.11. The summed E-state index contributed by atoms with van der Waals surface area (Å²) in [5.74, 6) is -0.474. The maximum Gasteiger partial charge on any atom is 0.389 e. The zero-order chi connectivity index (χ0) is 16.3. The molecule has 5 nitrogen and oxygen atoms in total. The molecule has 21 heavy (non-hydrogen) atoms. The van der Waals surface area contributed by atoms with Crippen LogP contribution in [0.4, 0.5) is 13.2 Å². The molecule has 1 fully saturated rings. The SMILES string of the molecule is CC(C)(O)CN1CCN(S(=O)(=O)CCCC(F)(F)F)CC1. The van der Waals surface area contributed by atoms with Crippen LogP contribution in [0.1, 0.15) is 26.7 Å². The molecule has 0 aromatic heterocycles. The standard InChI is InChI=1S/C12H23F3N2O3S/c1-11(2,18)10-16-5-7-17(8-6-16)21(19,20)9-3-4-12(13,14)15/h18H,3-10H2,1-2H3. The lowest BCUT2D eigenvalue weighted by Crippen LogP contribution is -2.52. The number of β-amino-alcohol motifs (C(OH)–C–C–N with tert-alkyl or cyclic N) is 1. The molecule has 1 saturated heterocycles. The van der Waals surface area contributed by atoms with Crippen LogP contribution in [0.2, 0.25) is 0 Å². The highest BCUT2D eigenvalue weighted by atomic mass is 32.2. The molecular formula is C12H23F3N2O3S. The van der Waals surface area contributed by atoms with Crippen LogP contribution in [0.25, 0.3) is 0 Å². The molecule has 1 heterocycles. The van der Waals surface area contributed by atoms with Crippen LogP contribution in [0.5, 0.6) is 0 Å². The molecule has 0 amide bonds. The fourth-order valence-corrected chi connectivity index (χ4v) is 3.78. The third-order valence-electron chi connectivity index (χ3n) is 3.20. The average molecular weight is 332 g/mol. The fourth-order valence-electron chi connectivity index (χ4n) is 2.30. The molecule has 0 radical (unpaired) electrons. The first kappa shape index (κ1) is 18.7. The number of aliphatic hydroxyl groups is 1. The minimum Gasteiger partial charge on any atom is -0.389 e. The number of sulfonamides is 1. The lowest BCUT2D eigenvalue weighted by Gasteiger charge is -2.36. The fraction of sp³-hybridized carbons (Fsp3) is 1.00. The summed E-state index contributed by atoms with van der Waals surface area (Å²) in [7, 11) is -3.63. The van der Waals surface area contributed by atoms with E-state index >= 15 is 0 Å². The molecular weight excluding hydrogens is 309 g/mol. The van der Waals surface area contributed by atoms with Crippen LogP contribution in [0, 0.1) is 0 Å². The van der Waals surface area contributed by atoms with Crippen molar-refractivity contribution in [2.45, 2.75) is 38.5 Å². The van der Waals surface area contributed by atoms with Crippen molar-refractivity contribution in [1.29, 1.82) is 0 Å². The van der Waals surface area contributed by atoms with E-state index < -0.39 is 40.4 Å². The third-order valence-corrected chi connectivity index (χ3v) is 5.15. The maximum absolute atomic E-state index is 12.0. The van der Waals surface area contributed by atoms with Gasteiger partial charge in [0.1, 0.15) is 0 Å². The van der Waals surface area contributed by atoms with Gasteiger partial charge in [-0.2, -0.15) is 17.5 Å². The van der Waals surface area contributed by atoms with E-state index in [1.807, 2.05) is 4.90 Å². The molecule has 9 heteroatoms. The second kappa shape index (κ2) is 6.80. The Morgan fingerprint density at radius 1 is 1.10 bits per heavy atom. The Labute approximate surface area is 123 Å². The summed E-state index contributed by atoms with van der Waals surface area (Å²) in [6.07, 6.45) is -5.80. The summed E-state index contributed by atoms with van der Waals surface area (Å²) in [6.45, 7) is 5.25. The Bertz CT molecular complexity index is 424. The lowest BCUT2D eigenvalue weighted by atomic mass is 10.1. The van der Waals surface area contributed by atoms with Gasteiger partial charge in [-0.3, -0.25) is 4.90 Å². The molecule has 0 aromatic carbocycles. The van der Waals surface area contributed by atoms with Crippen LogP contribution in [0.15, 0.2) is 0 Å². The lowest BCUT2D eigenvalue weighted by molar-refractivity contribution is -0.134. The molecule has 0 atom stereocenters. The smallest absolute Gasteiger partial charge is 0.389 e. The minimum atomic E-state index is -4.32. The number of hydrogen-bond donors (Lipinski definition) is 1. The van der Waals surface area contributed by atoms with Crippen molar-refractivity contribution in [3.63, 3.8) is 0 Å². The molecule has 1 N–H and O–H groups in total. The van der Waals surface area contributed by atoms with E-state index in [0.29, 0.717) is 19.6 Å². The number of nitrogens with zero attached hydrogens (tertiary/aromatic N) is 2. The van der Waals surface area contributed by atoms with Gasteiger partial charge in [-0.25, -0.2) is 8.42 Å². The number of alkyl halides is 3. The van der Waals surface area contributed by atoms with Gasteiger partial charge in [-0.15, -0.1) is 0 Å². The number of piperazine rings is 1. The normalized spacial score (nSPS) is 19.9. The zero-order valence-corrected chi connectivity index (χ0v) is 13.2. The van der Waals surface area contributed by atoms with E-state index in [0.717, 1.165) is 0 Å². The van der Waals surface area contributed by atoms with Gasteiger partial charge in [-0.05, 0) is 20.3 Å². The van der Waals surface area contributed by atoms with Crippen molar-refractivity contribution in [1.82, 2.24) is 9.21 Å². The van der Waals surface area contributed by atoms with Crippen molar-refractivity contribution in [3.8, 4) is 0 Å². The van der Waals surface area contributed by atoms with Crippen LogP contribution >= 0.6 is 0 Å². The van der Waals surface area contributed by atoms with E-state index in [4.69, 9.17) is 0 Å². The summed E-state index contributed by atoms with van der Waals surface area (Å²) in [5.41, 5.74) is -0.853. The van der Waals surface area contributed by atoms with Crippen LogP contribution in [-0.4, -0.2) is 73.0 Å². The van der Waals surface area contributed by atoms with Gasteiger partial charge < -0.3 is 5.11 Å². The predicted molar refractivity (Wildman–Crippen MR) is 73.4 cm³/mol. The summed E-state index contributed by atoms with van der Waals surface area (Å²) < 4.78 is 61.3. The molecule has 0 aliphatic carbocycles. The van der Waals surface area contributed by atoms with Crippen LogP contribution in [-0.2, 0) is 10.0 Å². The minimum absolute atomic E-state index is 0.254. The Morgan fingerprint density at radius 2 is 1.62 bits per heavy atom. The quantitative estimate of drug-likeness (QED) is 0.790. The average Bonchev–Trinajstić information content (AvgIpc) is 2.25. The van der Waals surface area contributed by atoms with Gasteiger partial charge in [0.05, 0.1) is 11.4 Å². The number of hydrogen-bond acceptors (Lipinski definition) is 4. The highest BCUT2D eigenvalue weighted by Crippen LogP contribution is 2.22. The Morgan fingerprint density at radius 3 is 2.05 bits per heavy atom. The highest BCUT2D eigenvalue weighted by molar-refractivity contribution is 7.89. The maximum atomic E-state index is 12.0. The first-order chi connectivity index (χ1) is 9.39. The monoisotopic (exact) mass is 332 g/mol. The van der Waals surface area contributed by atoms with Crippen LogP contribution in [0.3, 0.4) is 0 Å². The van der Waals surface area contributed by atoms with Gasteiger partial charge in [0.2, 0.25) is 10.0 Å². The summed E-state index contributed by atoms with van der Waals surface area (Å²) >= 11 is 0. The Kier molecular flexibility index (Phi) is 6.05. The van der Waals surface area contributed by atoms with Gasteiger partial charge in [0, 0.05) is 39.1 Å². The van der Waals surface area contributed by atoms with E-state index in [2.05, 4.69) is 0 Å². The molecule has 0 spiro atoms. The molecule has 126 valence electrons. The third kappa shape index (κ3) is 7.44. The van der Waals surface area contributed by atoms with E-state index in [-0.39, 0.29) is 13.1 Å². The van der Waals surface area contributed by atoms with Gasteiger partial charge in [0.15, 0.2) is 0 Å². The molecule has 0 unspecified atom stereocenters. The van der Waals surface area contributed by atoms with Crippen molar-refractivity contribution in [2.75, 3.05) is 38.5 Å². The number of halogens is 3. The van der Waals surface area contributed by atoms with E-state index in [1.54, 1.807) is 13.8 Å². The largest absolute Gasteiger partial charge is 0.389 e. The summed E-state index contributed by atoms with van der Waals surface area (Å²) in [5, 5.41) is 9.71. The van der Waals surface area contributed by atoms with Gasteiger partial charge >= 0.3 is 6.18 Å². The Hall–Kier alpha value is -0.380. The first-order valence-corrected chi connectivity index (χ1v) is 8.49. The molecule has 1 rings (SSSR count). The highest BCUT2D eigenvalue weighted by Gasteiger charge is 2.31. The van der Waals surface area contributed by atoms with Crippen molar-refractivity contribution >= 4 is 10.0 Å². The molecule has 1 aliphatic heterocycles. The topological polar surface area (TPSA) is 60.9 Å². The summed E-state index contributed by atoms with van der Waals surface area (Å²) in [6, 6.07) is 0. The van der Waals surface area contributed by atoms with Crippen LogP contribution < -0.4 is 0 Å². The van der Waals surface area contributed by atoms with E-state index in [1.165, 1.54) is 4.31 Å². The molecule has 0 saturated carbocycles. The Balaban J connectivity index is 2.42. The van der Waals surface area contributed by atoms with Gasteiger partial charge in [0.25, 0.3) is 0 Å². The van der Waals surface area contributed by atoms with Crippen molar-refractivity contribution < 1.29 is 26.7 Å². The zero-order valence-electron chi connectivity index (χ0n) is 12.4. The number of rotatable bonds is 6. The molecule has 0 aromatic rings. The van der Waals surface area contributed by atoms with Crippen molar-refractivity contribution in [3.05, 3.63) is 0 Å². The van der Waals surface area contributed by atoms with E-state index in [9.17, 15) is 26.7 Å². The predicted octanol–water partition coefficient (Wildman–Crippen LogP) is 1.05. The summed E-state index contributed by atoms with van der Waals surface area (Å²) in [4.78, 5) is 1.95. The molecule has 0 bridgehead atoms. The van der Waals surface area contributed by atoms with Crippen molar-refractivity contribution in [2.24, 2.45) is 0 Å². The molecule has 1 aliphatic rings. The first-order valence-electron chi connectivity index (χ1n) is 6.88.